The molecule has 138 valence electrons. The standard InChI is InChI=1S/C21H26N2O3/c1-5-23(6-2)21(25)17-13-11-16(12-14-17)20(24)22-18-9-7-8-10-19(18)26-15(3)4/h7-15H,5-6H2,1-4H3,(H,22,24). The van der Waals surface area contributed by atoms with E-state index in [1.165, 1.54) is 0 Å². The van der Waals surface area contributed by atoms with Gasteiger partial charge in [0.05, 0.1) is 11.8 Å². The number of rotatable bonds is 7. The predicted octanol–water partition coefficient (Wildman–Crippen LogP) is 4.21. The lowest BCUT2D eigenvalue weighted by molar-refractivity contribution is 0.0772. The van der Waals surface area contributed by atoms with E-state index in [1.807, 2.05) is 45.9 Å². The molecule has 0 saturated heterocycles. The Labute approximate surface area is 155 Å². The maximum absolute atomic E-state index is 12.5. The van der Waals surface area contributed by atoms with Crippen LogP contribution in [0, 0.1) is 0 Å². The molecule has 2 amide bonds. The number of ether oxygens (including phenoxy) is 1. The lowest BCUT2D eigenvalue weighted by Crippen LogP contribution is -2.30. The molecule has 0 aromatic heterocycles. The van der Waals surface area contributed by atoms with Crippen LogP contribution in [0.3, 0.4) is 0 Å². The molecule has 5 heteroatoms. The number of para-hydroxylation sites is 2. The quantitative estimate of drug-likeness (QED) is 0.810. The third-order valence-electron chi connectivity index (χ3n) is 3.94. The molecule has 2 aromatic carbocycles. The van der Waals surface area contributed by atoms with E-state index < -0.39 is 0 Å². The molecule has 2 rings (SSSR count). The van der Waals surface area contributed by atoms with E-state index in [1.54, 1.807) is 35.2 Å². The molecule has 0 aliphatic rings. The van der Waals surface area contributed by atoms with Crippen molar-refractivity contribution in [2.24, 2.45) is 0 Å². The van der Waals surface area contributed by atoms with Gasteiger partial charge in [-0.3, -0.25) is 9.59 Å². The van der Waals surface area contributed by atoms with Gasteiger partial charge in [0, 0.05) is 24.2 Å². The first-order valence-corrected chi connectivity index (χ1v) is 8.92. The van der Waals surface area contributed by atoms with Crippen LogP contribution in [0.5, 0.6) is 5.75 Å². The van der Waals surface area contributed by atoms with Crippen LogP contribution in [0.2, 0.25) is 0 Å². The van der Waals surface area contributed by atoms with Gasteiger partial charge < -0.3 is 15.0 Å². The molecule has 0 heterocycles. The molecule has 0 aliphatic heterocycles. The normalized spacial score (nSPS) is 10.5. The first kappa shape index (κ1) is 19.5. The minimum Gasteiger partial charge on any atom is -0.489 e. The zero-order chi connectivity index (χ0) is 19.1. The summed E-state index contributed by atoms with van der Waals surface area (Å²) in [5.74, 6) is 0.355. The molecule has 26 heavy (non-hydrogen) atoms. The van der Waals surface area contributed by atoms with Crippen LogP contribution in [0.25, 0.3) is 0 Å². The first-order chi connectivity index (χ1) is 12.5. The molecule has 0 radical (unpaired) electrons. The molecule has 0 saturated carbocycles. The van der Waals surface area contributed by atoms with Crippen LogP contribution in [-0.4, -0.2) is 35.9 Å². The Kier molecular flexibility index (Phi) is 6.78. The van der Waals surface area contributed by atoms with Gasteiger partial charge in [-0.05, 0) is 64.1 Å². The highest BCUT2D eigenvalue weighted by molar-refractivity contribution is 6.05. The van der Waals surface area contributed by atoms with Gasteiger partial charge in [-0.2, -0.15) is 0 Å². The van der Waals surface area contributed by atoms with Crippen molar-refractivity contribution in [3.8, 4) is 5.75 Å². The van der Waals surface area contributed by atoms with Gasteiger partial charge in [-0.15, -0.1) is 0 Å². The van der Waals surface area contributed by atoms with Gasteiger partial charge in [-0.25, -0.2) is 0 Å². The number of hydrogen-bond acceptors (Lipinski definition) is 3. The highest BCUT2D eigenvalue weighted by atomic mass is 16.5. The summed E-state index contributed by atoms with van der Waals surface area (Å²) in [4.78, 5) is 26.6. The number of hydrogen-bond donors (Lipinski definition) is 1. The summed E-state index contributed by atoms with van der Waals surface area (Å²) in [7, 11) is 0. The van der Waals surface area contributed by atoms with Crippen LogP contribution in [-0.2, 0) is 0 Å². The molecule has 5 nitrogen and oxygen atoms in total. The Balaban J connectivity index is 2.13. The molecule has 2 aromatic rings. The highest BCUT2D eigenvalue weighted by Gasteiger charge is 2.14. The number of nitrogens with one attached hydrogen (secondary N) is 1. The van der Waals surface area contributed by atoms with Crippen LogP contribution in [0.1, 0.15) is 48.4 Å². The van der Waals surface area contributed by atoms with Crippen molar-refractivity contribution in [3.63, 3.8) is 0 Å². The third kappa shape index (κ3) is 4.85. The van der Waals surface area contributed by atoms with Gasteiger partial charge >= 0.3 is 0 Å². The highest BCUT2D eigenvalue weighted by Crippen LogP contribution is 2.25. The molecular weight excluding hydrogens is 328 g/mol. The van der Waals surface area contributed by atoms with Crippen LogP contribution < -0.4 is 10.1 Å². The SMILES string of the molecule is CCN(CC)C(=O)c1ccc(C(=O)Nc2ccccc2OC(C)C)cc1. The van der Waals surface area contributed by atoms with Gasteiger partial charge in [0.25, 0.3) is 11.8 Å². The summed E-state index contributed by atoms with van der Waals surface area (Å²) in [6.45, 7) is 9.07. The van der Waals surface area contributed by atoms with E-state index in [9.17, 15) is 9.59 Å². The first-order valence-electron chi connectivity index (χ1n) is 8.92. The van der Waals surface area contributed by atoms with Gasteiger partial charge in [0.2, 0.25) is 0 Å². The maximum Gasteiger partial charge on any atom is 0.255 e. The van der Waals surface area contributed by atoms with Gasteiger partial charge in [0.1, 0.15) is 5.75 Å². The Morgan fingerprint density at radius 2 is 1.54 bits per heavy atom. The summed E-state index contributed by atoms with van der Waals surface area (Å²) >= 11 is 0. The lowest BCUT2D eigenvalue weighted by atomic mass is 10.1. The number of benzene rings is 2. The van der Waals surface area contributed by atoms with Crippen molar-refractivity contribution in [2.75, 3.05) is 18.4 Å². The molecule has 0 unspecified atom stereocenters. The largest absolute Gasteiger partial charge is 0.489 e. The van der Waals surface area contributed by atoms with E-state index in [0.717, 1.165) is 0 Å². The van der Waals surface area contributed by atoms with Crippen molar-refractivity contribution in [2.45, 2.75) is 33.8 Å². The fourth-order valence-electron chi connectivity index (χ4n) is 2.58. The fraction of sp³-hybridized carbons (Fsp3) is 0.333. The smallest absolute Gasteiger partial charge is 0.255 e. The van der Waals surface area contributed by atoms with E-state index in [4.69, 9.17) is 4.74 Å². The van der Waals surface area contributed by atoms with Crippen molar-refractivity contribution in [3.05, 3.63) is 59.7 Å². The monoisotopic (exact) mass is 354 g/mol. The van der Waals surface area contributed by atoms with Crippen LogP contribution in [0.15, 0.2) is 48.5 Å². The summed E-state index contributed by atoms with van der Waals surface area (Å²) in [5.41, 5.74) is 1.68. The van der Waals surface area contributed by atoms with E-state index >= 15 is 0 Å². The molecule has 0 spiro atoms. The van der Waals surface area contributed by atoms with Gasteiger partial charge in [-0.1, -0.05) is 12.1 Å². The number of amides is 2. The molecule has 0 fully saturated rings. The van der Waals surface area contributed by atoms with Crippen molar-refractivity contribution in [1.29, 1.82) is 0 Å². The van der Waals surface area contributed by atoms with E-state index in [2.05, 4.69) is 5.32 Å². The minimum atomic E-state index is -0.244. The fourth-order valence-corrected chi connectivity index (χ4v) is 2.58. The summed E-state index contributed by atoms with van der Waals surface area (Å²) in [6, 6.07) is 14.0. The van der Waals surface area contributed by atoms with Crippen molar-refractivity contribution >= 4 is 17.5 Å². The Bertz CT molecular complexity index is 750. The summed E-state index contributed by atoms with van der Waals surface area (Å²) in [6.07, 6.45) is 0.0124. The third-order valence-corrected chi connectivity index (χ3v) is 3.94. The molecule has 0 atom stereocenters. The zero-order valence-corrected chi connectivity index (χ0v) is 15.8. The average molecular weight is 354 g/mol. The van der Waals surface area contributed by atoms with E-state index in [0.29, 0.717) is 35.7 Å². The average Bonchev–Trinajstić information content (AvgIpc) is 2.64. The van der Waals surface area contributed by atoms with Crippen molar-refractivity contribution in [1.82, 2.24) is 4.90 Å². The van der Waals surface area contributed by atoms with E-state index in [-0.39, 0.29) is 17.9 Å². The Hall–Kier alpha value is -2.82. The second-order valence-corrected chi connectivity index (χ2v) is 6.17. The summed E-state index contributed by atoms with van der Waals surface area (Å²) in [5, 5.41) is 2.87. The topological polar surface area (TPSA) is 58.6 Å². The van der Waals surface area contributed by atoms with Crippen molar-refractivity contribution < 1.29 is 14.3 Å². The predicted molar refractivity (Wildman–Crippen MR) is 104 cm³/mol. The Morgan fingerprint density at radius 1 is 0.962 bits per heavy atom. The molecular formula is C21H26N2O3. The van der Waals surface area contributed by atoms with Crippen LogP contribution >= 0.6 is 0 Å². The second kappa shape index (κ2) is 9.04. The molecule has 1 N–H and O–H groups in total. The Morgan fingerprint density at radius 3 is 2.12 bits per heavy atom. The minimum absolute atomic E-state index is 0.0124. The zero-order valence-electron chi connectivity index (χ0n) is 15.8. The lowest BCUT2D eigenvalue weighted by Gasteiger charge is -2.18. The maximum atomic E-state index is 12.5. The second-order valence-electron chi connectivity index (χ2n) is 6.17. The molecule has 0 aliphatic carbocycles. The molecule has 0 bridgehead atoms. The number of carbonyl (C=O) groups is 2. The van der Waals surface area contributed by atoms with Gasteiger partial charge in [0.15, 0.2) is 0 Å². The number of nitrogens with zero attached hydrogens (tertiary/aromatic N) is 1. The number of anilines is 1. The number of carbonyl (C=O) groups excluding carboxylic acids is 2. The van der Waals surface area contributed by atoms with Crippen LogP contribution in [0.4, 0.5) is 5.69 Å². The summed E-state index contributed by atoms with van der Waals surface area (Å²) < 4.78 is 5.72.